The van der Waals surface area contributed by atoms with Crippen molar-refractivity contribution in [3.05, 3.63) is 53.3 Å². The second-order valence-corrected chi connectivity index (χ2v) is 7.14. The molecule has 2 aromatic carbocycles. The number of carboxylic acid groups (broad SMARTS) is 1. The zero-order valence-corrected chi connectivity index (χ0v) is 16.1. The number of halogens is 1. The number of aromatic nitrogens is 1. The van der Waals surface area contributed by atoms with Gasteiger partial charge in [-0.05, 0) is 53.8 Å². The molecule has 28 heavy (non-hydrogen) atoms. The van der Waals surface area contributed by atoms with Crippen LogP contribution in [-0.2, 0) is 4.79 Å². The van der Waals surface area contributed by atoms with Crippen LogP contribution in [0.2, 0.25) is 0 Å². The number of phenolic OH excluding ortho intramolecular Hbond substituents is 1. The predicted molar refractivity (Wildman–Crippen MR) is 108 cm³/mol. The molecule has 0 bridgehead atoms. The Bertz CT molecular complexity index is 1050. The van der Waals surface area contributed by atoms with Gasteiger partial charge in [-0.2, -0.15) is 0 Å². The number of aliphatic carboxylic acids is 1. The SMILES string of the molecule is Cc1cc(-c2c(C(C)C)c(NCCC(=O)O)nc3cc(O)ccc23)ccc1F. The molecule has 0 fully saturated rings. The third-order valence-corrected chi connectivity index (χ3v) is 4.66. The zero-order chi connectivity index (χ0) is 20.4. The molecule has 0 aliphatic carbocycles. The van der Waals surface area contributed by atoms with Crippen molar-refractivity contribution in [1.29, 1.82) is 0 Å². The van der Waals surface area contributed by atoms with E-state index in [9.17, 15) is 14.3 Å². The van der Waals surface area contributed by atoms with Crippen molar-refractivity contribution in [3.8, 4) is 16.9 Å². The summed E-state index contributed by atoms with van der Waals surface area (Å²) in [7, 11) is 0. The summed E-state index contributed by atoms with van der Waals surface area (Å²) < 4.78 is 13.8. The maximum atomic E-state index is 13.8. The van der Waals surface area contributed by atoms with Gasteiger partial charge in [-0.15, -0.1) is 0 Å². The number of nitrogens with one attached hydrogen (secondary N) is 1. The van der Waals surface area contributed by atoms with E-state index in [-0.39, 0.29) is 30.5 Å². The van der Waals surface area contributed by atoms with Gasteiger partial charge in [0.25, 0.3) is 0 Å². The molecule has 146 valence electrons. The van der Waals surface area contributed by atoms with Crippen molar-refractivity contribution >= 4 is 22.7 Å². The molecule has 0 radical (unpaired) electrons. The minimum absolute atomic E-state index is 0.0394. The number of nitrogens with zero attached hydrogens (tertiary/aromatic N) is 1. The number of fused-ring (bicyclic) bond motifs is 1. The van der Waals surface area contributed by atoms with Crippen LogP contribution in [0.25, 0.3) is 22.0 Å². The molecule has 3 aromatic rings. The Morgan fingerprint density at radius 2 is 1.96 bits per heavy atom. The fraction of sp³-hybridized carbons (Fsp3) is 0.273. The van der Waals surface area contributed by atoms with E-state index in [0.717, 1.165) is 22.1 Å². The molecular weight excluding hydrogens is 359 g/mol. The minimum Gasteiger partial charge on any atom is -0.508 e. The number of rotatable bonds is 6. The molecule has 0 amide bonds. The van der Waals surface area contributed by atoms with E-state index in [2.05, 4.69) is 10.3 Å². The highest BCUT2D eigenvalue weighted by atomic mass is 19.1. The molecule has 6 heteroatoms. The summed E-state index contributed by atoms with van der Waals surface area (Å²) in [6, 6.07) is 9.95. The van der Waals surface area contributed by atoms with E-state index >= 15 is 0 Å². The highest BCUT2D eigenvalue weighted by molar-refractivity contribution is 5.99. The summed E-state index contributed by atoms with van der Waals surface area (Å²) in [6.07, 6.45) is -0.0394. The number of benzene rings is 2. The van der Waals surface area contributed by atoms with E-state index in [1.54, 1.807) is 37.3 Å². The van der Waals surface area contributed by atoms with Crippen molar-refractivity contribution < 1.29 is 19.4 Å². The molecule has 3 N–H and O–H groups in total. The average molecular weight is 382 g/mol. The van der Waals surface area contributed by atoms with Crippen LogP contribution in [0.1, 0.15) is 37.3 Å². The normalized spacial score (nSPS) is 11.2. The summed E-state index contributed by atoms with van der Waals surface area (Å²) in [5.74, 6) is -0.420. The van der Waals surface area contributed by atoms with E-state index in [1.165, 1.54) is 6.07 Å². The lowest BCUT2D eigenvalue weighted by Crippen LogP contribution is -2.12. The van der Waals surface area contributed by atoms with Gasteiger partial charge in [0.05, 0.1) is 11.9 Å². The Morgan fingerprint density at radius 1 is 1.21 bits per heavy atom. The lowest BCUT2D eigenvalue weighted by Gasteiger charge is -2.21. The molecule has 5 nitrogen and oxygen atoms in total. The van der Waals surface area contributed by atoms with Gasteiger partial charge in [-0.25, -0.2) is 9.37 Å². The monoisotopic (exact) mass is 382 g/mol. The van der Waals surface area contributed by atoms with Crippen LogP contribution in [-0.4, -0.2) is 27.7 Å². The Labute approximate surface area is 162 Å². The van der Waals surface area contributed by atoms with Gasteiger partial charge in [0, 0.05) is 23.6 Å². The Balaban J connectivity index is 2.29. The van der Waals surface area contributed by atoms with Crippen molar-refractivity contribution in [2.75, 3.05) is 11.9 Å². The molecule has 3 rings (SSSR count). The Morgan fingerprint density at radius 3 is 2.61 bits per heavy atom. The van der Waals surface area contributed by atoms with Crippen LogP contribution < -0.4 is 5.32 Å². The summed E-state index contributed by atoms with van der Waals surface area (Å²) in [5.41, 5.74) is 3.80. The topological polar surface area (TPSA) is 82.5 Å². The van der Waals surface area contributed by atoms with Crippen LogP contribution in [0, 0.1) is 12.7 Å². The number of aryl methyl sites for hydroxylation is 1. The fourth-order valence-corrected chi connectivity index (χ4v) is 3.36. The molecule has 0 spiro atoms. The van der Waals surface area contributed by atoms with Crippen LogP contribution in [0.15, 0.2) is 36.4 Å². The van der Waals surface area contributed by atoms with Crippen LogP contribution in [0.3, 0.4) is 0 Å². The number of pyridine rings is 1. The molecule has 0 saturated heterocycles. The number of carbonyl (C=O) groups is 1. The van der Waals surface area contributed by atoms with E-state index in [0.29, 0.717) is 16.9 Å². The number of carboxylic acids is 1. The number of aromatic hydroxyl groups is 1. The molecule has 0 unspecified atom stereocenters. The Hall–Kier alpha value is -3.15. The molecule has 0 aliphatic heterocycles. The van der Waals surface area contributed by atoms with Crippen molar-refractivity contribution in [3.63, 3.8) is 0 Å². The quantitative estimate of drug-likeness (QED) is 0.555. The third-order valence-electron chi connectivity index (χ3n) is 4.66. The smallest absolute Gasteiger partial charge is 0.305 e. The number of hydrogen-bond donors (Lipinski definition) is 3. The average Bonchev–Trinajstić information content (AvgIpc) is 2.62. The zero-order valence-electron chi connectivity index (χ0n) is 16.1. The summed E-state index contributed by atoms with van der Waals surface area (Å²) in [5, 5.41) is 22.8. The summed E-state index contributed by atoms with van der Waals surface area (Å²) in [6.45, 7) is 6.01. The van der Waals surface area contributed by atoms with Crippen LogP contribution in [0.4, 0.5) is 10.2 Å². The molecule has 0 saturated carbocycles. The van der Waals surface area contributed by atoms with Crippen molar-refractivity contribution in [2.45, 2.75) is 33.1 Å². The first-order valence-electron chi connectivity index (χ1n) is 9.16. The summed E-state index contributed by atoms with van der Waals surface area (Å²) >= 11 is 0. The van der Waals surface area contributed by atoms with Gasteiger partial charge in [0.2, 0.25) is 0 Å². The largest absolute Gasteiger partial charge is 0.508 e. The van der Waals surface area contributed by atoms with Crippen LogP contribution in [0.5, 0.6) is 5.75 Å². The number of anilines is 1. The van der Waals surface area contributed by atoms with Gasteiger partial charge in [-0.3, -0.25) is 4.79 Å². The van der Waals surface area contributed by atoms with Crippen molar-refractivity contribution in [2.24, 2.45) is 0 Å². The molecule has 0 aliphatic rings. The number of phenols is 1. The first-order chi connectivity index (χ1) is 13.3. The standard InChI is InChI=1S/C22H23FN2O3/c1-12(2)20-21(14-4-7-17(23)13(3)10-14)16-6-5-15(26)11-18(16)25-22(20)24-9-8-19(27)28/h4-7,10-12,26H,8-9H2,1-3H3,(H,24,25)(H,27,28). The molecular formula is C22H23FN2O3. The lowest BCUT2D eigenvalue weighted by molar-refractivity contribution is -0.136. The van der Waals surface area contributed by atoms with Crippen LogP contribution >= 0.6 is 0 Å². The lowest BCUT2D eigenvalue weighted by atomic mass is 9.89. The highest BCUT2D eigenvalue weighted by Gasteiger charge is 2.20. The van der Waals surface area contributed by atoms with Gasteiger partial charge >= 0.3 is 5.97 Å². The molecule has 0 atom stereocenters. The molecule has 1 heterocycles. The Kier molecular flexibility index (Phi) is 5.49. The highest BCUT2D eigenvalue weighted by Crippen LogP contribution is 2.40. The maximum Gasteiger partial charge on any atom is 0.305 e. The van der Waals surface area contributed by atoms with E-state index < -0.39 is 5.97 Å². The van der Waals surface area contributed by atoms with Gasteiger partial charge in [-0.1, -0.05) is 19.9 Å². The van der Waals surface area contributed by atoms with Gasteiger partial charge < -0.3 is 15.5 Å². The predicted octanol–water partition coefficient (Wildman–Crippen LogP) is 5.06. The summed E-state index contributed by atoms with van der Waals surface area (Å²) in [4.78, 5) is 15.5. The van der Waals surface area contributed by atoms with E-state index in [1.807, 2.05) is 13.8 Å². The maximum absolute atomic E-state index is 13.8. The van der Waals surface area contributed by atoms with Gasteiger partial charge in [0.1, 0.15) is 17.4 Å². The molecule has 1 aromatic heterocycles. The first kappa shape index (κ1) is 19.6. The first-order valence-corrected chi connectivity index (χ1v) is 9.16. The van der Waals surface area contributed by atoms with E-state index in [4.69, 9.17) is 5.11 Å². The second-order valence-electron chi connectivity index (χ2n) is 7.14. The fourth-order valence-electron chi connectivity index (χ4n) is 3.36. The minimum atomic E-state index is -0.897. The van der Waals surface area contributed by atoms with Crippen molar-refractivity contribution in [1.82, 2.24) is 4.98 Å². The second kappa shape index (κ2) is 7.84. The van der Waals surface area contributed by atoms with Gasteiger partial charge in [0.15, 0.2) is 0 Å². The third kappa shape index (κ3) is 3.91. The number of hydrogen-bond acceptors (Lipinski definition) is 4.